The van der Waals surface area contributed by atoms with Gasteiger partial charge >= 0.3 is 6.18 Å². The number of rotatable bonds is 6. The third kappa shape index (κ3) is 5.02. The Morgan fingerprint density at radius 2 is 1.80 bits per heavy atom. The zero-order valence-corrected chi connectivity index (χ0v) is 20.4. The number of aromatic nitrogens is 5. The minimum absolute atomic E-state index is 0.0597. The van der Waals surface area contributed by atoms with Crippen LogP contribution in [0.25, 0.3) is 16.9 Å². The summed E-state index contributed by atoms with van der Waals surface area (Å²) in [4.78, 5) is 17.0. The van der Waals surface area contributed by atoms with E-state index in [0.29, 0.717) is 28.1 Å². The van der Waals surface area contributed by atoms with Gasteiger partial charge in [-0.05, 0) is 57.4 Å². The Bertz CT molecular complexity index is 1420. The number of benzene rings is 1. The smallest absolute Gasteiger partial charge is 0.351 e. The average Bonchev–Trinajstić information content (AvgIpc) is 3.33. The van der Waals surface area contributed by atoms with Crippen LogP contribution in [0.4, 0.5) is 13.2 Å². The number of alkyl halides is 3. The fourth-order valence-corrected chi connectivity index (χ4v) is 3.89. The van der Waals surface area contributed by atoms with E-state index in [-0.39, 0.29) is 23.6 Å². The van der Waals surface area contributed by atoms with E-state index in [0.717, 1.165) is 28.6 Å². The van der Waals surface area contributed by atoms with Gasteiger partial charge < -0.3 is 5.32 Å². The molecule has 0 unspecified atom stereocenters. The van der Waals surface area contributed by atoms with E-state index in [4.69, 9.17) is 11.6 Å². The summed E-state index contributed by atoms with van der Waals surface area (Å²) in [6.45, 7) is 8.29. The summed E-state index contributed by atoms with van der Waals surface area (Å²) in [6.07, 6.45) is -4.13. The molecule has 3 aromatic heterocycles. The highest BCUT2D eigenvalue weighted by molar-refractivity contribution is 6.31. The number of nitrogens with zero attached hydrogens (tertiary/aromatic N) is 5. The van der Waals surface area contributed by atoms with E-state index in [1.807, 2.05) is 33.8 Å². The van der Waals surface area contributed by atoms with Crippen molar-refractivity contribution in [1.29, 1.82) is 0 Å². The van der Waals surface area contributed by atoms with Crippen molar-refractivity contribution in [1.82, 2.24) is 29.7 Å². The second-order valence-electron chi connectivity index (χ2n) is 8.44. The number of carbonyl (C=O) groups is 1. The van der Waals surface area contributed by atoms with Crippen molar-refractivity contribution >= 4 is 23.2 Å². The molecule has 184 valence electrons. The Labute approximate surface area is 204 Å². The average molecular weight is 505 g/mol. The summed E-state index contributed by atoms with van der Waals surface area (Å²) in [5.74, 6) is -0.581. The lowest BCUT2D eigenvalue weighted by Crippen LogP contribution is -2.26. The van der Waals surface area contributed by atoms with Gasteiger partial charge in [0.15, 0.2) is 17.0 Å². The molecule has 0 spiro atoms. The molecule has 0 aliphatic carbocycles. The monoisotopic (exact) mass is 504 g/mol. The lowest BCUT2D eigenvalue weighted by molar-refractivity contribution is -0.142. The molecule has 11 heteroatoms. The van der Waals surface area contributed by atoms with Gasteiger partial charge in [-0.15, -0.1) is 0 Å². The normalized spacial score (nSPS) is 11.9. The van der Waals surface area contributed by atoms with Crippen LogP contribution in [0.1, 0.15) is 45.1 Å². The summed E-state index contributed by atoms with van der Waals surface area (Å²) in [7, 11) is 0. The Balaban J connectivity index is 1.56. The molecule has 0 atom stereocenters. The van der Waals surface area contributed by atoms with E-state index in [1.54, 1.807) is 16.8 Å². The fraction of sp³-hybridized carbons (Fsp3) is 0.333. The molecular weight excluding hydrogens is 481 g/mol. The van der Waals surface area contributed by atoms with Gasteiger partial charge in [0.2, 0.25) is 0 Å². The van der Waals surface area contributed by atoms with Gasteiger partial charge in [-0.2, -0.15) is 23.4 Å². The zero-order valence-electron chi connectivity index (χ0n) is 19.7. The highest BCUT2D eigenvalue weighted by Crippen LogP contribution is 2.32. The molecule has 7 nitrogen and oxygen atoms in total. The lowest BCUT2D eigenvalue weighted by Gasteiger charge is -2.11. The minimum atomic E-state index is -4.68. The van der Waals surface area contributed by atoms with E-state index in [1.165, 1.54) is 6.07 Å². The Hall–Kier alpha value is -3.40. The molecule has 4 rings (SSSR count). The summed E-state index contributed by atoms with van der Waals surface area (Å²) < 4.78 is 43.9. The lowest BCUT2D eigenvalue weighted by atomic mass is 10.0. The van der Waals surface area contributed by atoms with Crippen molar-refractivity contribution in [2.75, 3.05) is 6.54 Å². The van der Waals surface area contributed by atoms with Crippen LogP contribution in [0.3, 0.4) is 0 Å². The molecule has 0 radical (unpaired) electrons. The molecular formula is C24H24ClF3N6O. The van der Waals surface area contributed by atoms with Crippen molar-refractivity contribution < 1.29 is 18.0 Å². The predicted molar refractivity (Wildman–Crippen MR) is 127 cm³/mol. The van der Waals surface area contributed by atoms with Crippen molar-refractivity contribution in [3.63, 3.8) is 0 Å². The molecule has 0 saturated heterocycles. The molecule has 0 fully saturated rings. The number of fused-ring (bicyclic) bond motifs is 1. The predicted octanol–water partition coefficient (Wildman–Crippen LogP) is 5.32. The maximum absolute atomic E-state index is 13.8. The fourth-order valence-electron chi connectivity index (χ4n) is 3.75. The van der Waals surface area contributed by atoms with Crippen LogP contribution in [0.5, 0.6) is 0 Å². The molecule has 1 aromatic carbocycles. The quantitative estimate of drug-likeness (QED) is 0.361. The van der Waals surface area contributed by atoms with Crippen LogP contribution in [-0.4, -0.2) is 36.8 Å². The van der Waals surface area contributed by atoms with Crippen molar-refractivity contribution in [2.45, 2.75) is 46.8 Å². The maximum Gasteiger partial charge on any atom is 0.433 e. The SMILES string of the molecule is Cc1ccc(-c2cc(C(F)(F)F)n3nc(C(=O)NCCCn4nc(C)c(Cl)c4C)cc3n2)cc1C. The van der Waals surface area contributed by atoms with Gasteiger partial charge in [0, 0.05) is 24.7 Å². The summed E-state index contributed by atoms with van der Waals surface area (Å²) in [5, 5.41) is 11.5. The first-order valence-electron chi connectivity index (χ1n) is 11.0. The van der Waals surface area contributed by atoms with Gasteiger partial charge in [-0.3, -0.25) is 9.48 Å². The number of halogens is 4. The largest absolute Gasteiger partial charge is 0.433 e. The molecule has 3 heterocycles. The molecule has 1 N–H and O–H groups in total. The minimum Gasteiger partial charge on any atom is -0.351 e. The van der Waals surface area contributed by atoms with Gasteiger partial charge in [-0.1, -0.05) is 23.7 Å². The Morgan fingerprint density at radius 3 is 2.43 bits per heavy atom. The van der Waals surface area contributed by atoms with E-state index < -0.39 is 17.8 Å². The van der Waals surface area contributed by atoms with Gasteiger partial charge in [0.1, 0.15) is 0 Å². The van der Waals surface area contributed by atoms with Gasteiger partial charge in [0.05, 0.1) is 22.1 Å². The Morgan fingerprint density at radius 1 is 1.06 bits per heavy atom. The van der Waals surface area contributed by atoms with Gasteiger partial charge in [0.25, 0.3) is 5.91 Å². The second kappa shape index (κ2) is 9.33. The van der Waals surface area contributed by atoms with Gasteiger partial charge in [-0.25, -0.2) is 9.50 Å². The maximum atomic E-state index is 13.8. The molecule has 0 aliphatic rings. The Kier molecular flexibility index (Phi) is 6.59. The van der Waals surface area contributed by atoms with Crippen LogP contribution in [0.15, 0.2) is 30.3 Å². The van der Waals surface area contributed by atoms with Crippen LogP contribution in [0.2, 0.25) is 5.02 Å². The third-order valence-corrected chi connectivity index (χ3v) is 6.43. The summed E-state index contributed by atoms with van der Waals surface area (Å²) in [6, 6.07) is 7.55. The molecule has 4 aromatic rings. The molecule has 35 heavy (non-hydrogen) atoms. The number of aryl methyl sites for hydroxylation is 4. The van der Waals surface area contributed by atoms with E-state index >= 15 is 0 Å². The summed E-state index contributed by atoms with van der Waals surface area (Å²) >= 11 is 6.14. The zero-order chi connectivity index (χ0) is 25.5. The van der Waals surface area contributed by atoms with Crippen LogP contribution in [-0.2, 0) is 12.7 Å². The standard InChI is InChI=1S/C24H24ClF3N6O/c1-13-6-7-17(10-14(13)2)18-11-20(24(26,27)28)34-21(30-18)12-19(32-34)23(35)29-8-5-9-33-16(4)22(25)15(3)31-33/h6-7,10-12H,5,8-9H2,1-4H3,(H,29,35). The summed E-state index contributed by atoms with van der Waals surface area (Å²) in [5.41, 5.74) is 3.03. The molecule has 0 aliphatic heterocycles. The molecule has 0 saturated carbocycles. The van der Waals surface area contributed by atoms with Crippen LogP contribution < -0.4 is 5.32 Å². The number of nitrogens with one attached hydrogen (secondary N) is 1. The highest BCUT2D eigenvalue weighted by Gasteiger charge is 2.35. The molecule has 1 amide bonds. The highest BCUT2D eigenvalue weighted by atomic mass is 35.5. The first-order valence-corrected chi connectivity index (χ1v) is 11.4. The van der Waals surface area contributed by atoms with Crippen LogP contribution in [0, 0.1) is 27.7 Å². The van der Waals surface area contributed by atoms with E-state index in [2.05, 4.69) is 20.5 Å². The van der Waals surface area contributed by atoms with Crippen molar-refractivity contribution in [2.24, 2.45) is 0 Å². The topological polar surface area (TPSA) is 77.1 Å². The first-order chi connectivity index (χ1) is 16.5. The molecule has 0 bridgehead atoms. The van der Waals surface area contributed by atoms with Crippen LogP contribution >= 0.6 is 11.6 Å². The number of carbonyl (C=O) groups excluding carboxylic acids is 1. The number of hydrogen-bond acceptors (Lipinski definition) is 4. The third-order valence-electron chi connectivity index (χ3n) is 5.88. The number of hydrogen-bond donors (Lipinski definition) is 1. The van der Waals surface area contributed by atoms with Crippen molar-refractivity contribution in [3.05, 3.63) is 69.3 Å². The number of amides is 1. The van der Waals surface area contributed by atoms with E-state index in [9.17, 15) is 18.0 Å². The second-order valence-corrected chi connectivity index (χ2v) is 8.82. The van der Waals surface area contributed by atoms with Crippen molar-refractivity contribution in [3.8, 4) is 11.3 Å². The first kappa shape index (κ1) is 24.7.